The van der Waals surface area contributed by atoms with E-state index in [1.165, 1.54) is 10.6 Å². The molecule has 4 nitrogen and oxygen atoms in total. The molecule has 120 valence electrons. The quantitative estimate of drug-likeness (QED) is 0.594. The van der Waals surface area contributed by atoms with Gasteiger partial charge in [0.1, 0.15) is 11.3 Å². The van der Waals surface area contributed by atoms with Crippen LogP contribution in [0.2, 0.25) is 0 Å². The summed E-state index contributed by atoms with van der Waals surface area (Å²) in [7, 11) is 1.59. The van der Waals surface area contributed by atoms with Crippen LogP contribution < -0.4 is 5.56 Å². The van der Waals surface area contributed by atoms with Crippen LogP contribution in [-0.4, -0.2) is 15.5 Å². The van der Waals surface area contributed by atoms with Crippen LogP contribution in [0.4, 0.5) is 0 Å². The molecule has 2 aromatic carbocycles. The summed E-state index contributed by atoms with van der Waals surface area (Å²) < 4.78 is 1.38. The highest BCUT2D eigenvalue weighted by Crippen LogP contribution is 2.26. The first-order valence-corrected chi connectivity index (χ1v) is 7.59. The van der Waals surface area contributed by atoms with Gasteiger partial charge in [-0.1, -0.05) is 48.0 Å². The van der Waals surface area contributed by atoms with Gasteiger partial charge in [0.25, 0.3) is 5.56 Å². The summed E-state index contributed by atoms with van der Waals surface area (Å²) in [6.45, 7) is 1.98. The van der Waals surface area contributed by atoms with Crippen molar-refractivity contribution in [2.45, 2.75) is 6.92 Å². The maximum absolute atomic E-state index is 12.5. The third-order valence-corrected chi connectivity index (χ3v) is 4.03. The van der Waals surface area contributed by atoms with E-state index in [9.17, 15) is 14.7 Å². The zero-order valence-electron chi connectivity index (χ0n) is 13.5. The van der Waals surface area contributed by atoms with Gasteiger partial charge in [0.15, 0.2) is 5.78 Å². The first kappa shape index (κ1) is 15.7. The number of benzene rings is 2. The van der Waals surface area contributed by atoms with Crippen LogP contribution >= 0.6 is 0 Å². The van der Waals surface area contributed by atoms with E-state index in [1.807, 2.05) is 31.2 Å². The minimum atomic E-state index is -0.514. The van der Waals surface area contributed by atoms with E-state index in [0.717, 1.165) is 11.1 Å². The SMILES string of the molecule is Cc1ccc(C=CC(=O)c2c(O)c3ccccc3n(C)c2=O)cc1. The monoisotopic (exact) mass is 319 g/mol. The lowest BCUT2D eigenvalue weighted by Crippen LogP contribution is -2.24. The van der Waals surface area contributed by atoms with Crippen molar-refractivity contribution in [2.75, 3.05) is 0 Å². The van der Waals surface area contributed by atoms with Crippen LogP contribution in [0.25, 0.3) is 17.0 Å². The number of aromatic nitrogens is 1. The lowest BCUT2D eigenvalue weighted by Gasteiger charge is -2.09. The van der Waals surface area contributed by atoms with Gasteiger partial charge in [-0.25, -0.2) is 0 Å². The van der Waals surface area contributed by atoms with Crippen molar-refractivity contribution in [2.24, 2.45) is 7.05 Å². The summed E-state index contributed by atoms with van der Waals surface area (Å²) >= 11 is 0. The molecule has 0 aliphatic heterocycles. The number of aromatic hydroxyl groups is 1. The molecule has 0 aliphatic rings. The van der Waals surface area contributed by atoms with Gasteiger partial charge in [-0.05, 0) is 30.7 Å². The molecule has 0 fully saturated rings. The molecule has 0 saturated carbocycles. The second kappa shape index (κ2) is 6.16. The molecule has 0 bridgehead atoms. The first-order valence-electron chi connectivity index (χ1n) is 7.59. The Kier molecular flexibility index (Phi) is 4.04. The van der Waals surface area contributed by atoms with Crippen molar-refractivity contribution < 1.29 is 9.90 Å². The minimum Gasteiger partial charge on any atom is -0.506 e. The molecule has 0 unspecified atom stereocenters. The molecule has 4 heteroatoms. The van der Waals surface area contributed by atoms with Crippen LogP contribution in [0.1, 0.15) is 21.5 Å². The summed E-state index contributed by atoms with van der Waals surface area (Å²) in [5, 5.41) is 10.9. The fraction of sp³-hybridized carbons (Fsp3) is 0.100. The number of hydrogen-bond donors (Lipinski definition) is 1. The molecular formula is C20H17NO3. The van der Waals surface area contributed by atoms with Crippen molar-refractivity contribution in [1.82, 2.24) is 4.57 Å². The van der Waals surface area contributed by atoms with Crippen LogP contribution in [0.15, 0.2) is 59.4 Å². The molecule has 3 rings (SSSR count). The summed E-state index contributed by atoms with van der Waals surface area (Å²) in [6.07, 6.45) is 2.95. The number of nitrogens with zero attached hydrogens (tertiary/aromatic N) is 1. The summed E-state index contributed by atoms with van der Waals surface area (Å²) in [5.41, 5.74) is 1.84. The van der Waals surface area contributed by atoms with Crippen molar-refractivity contribution in [1.29, 1.82) is 0 Å². The number of pyridine rings is 1. The van der Waals surface area contributed by atoms with Gasteiger partial charge in [0.2, 0.25) is 0 Å². The lowest BCUT2D eigenvalue weighted by molar-refractivity contribution is 0.104. The van der Waals surface area contributed by atoms with Gasteiger partial charge >= 0.3 is 0 Å². The minimum absolute atomic E-state index is 0.209. The van der Waals surface area contributed by atoms with Gasteiger partial charge < -0.3 is 9.67 Å². The van der Waals surface area contributed by atoms with E-state index in [-0.39, 0.29) is 11.3 Å². The number of carbonyl (C=O) groups is 1. The standard InChI is InChI=1S/C20H17NO3/c1-13-7-9-14(10-8-13)11-12-17(22)18-19(23)15-5-3-4-6-16(15)21(2)20(18)24/h3-12,23H,1-2H3. The summed E-state index contributed by atoms with van der Waals surface area (Å²) in [4.78, 5) is 24.9. The van der Waals surface area contributed by atoms with Crippen LogP contribution in [0, 0.1) is 6.92 Å². The molecule has 1 N–H and O–H groups in total. The van der Waals surface area contributed by atoms with E-state index in [0.29, 0.717) is 10.9 Å². The molecule has 0 aliphatic carbocycles. The topological polar surface area (TPSA) is 59.3 Å². The second-order valence-electron chi connectivity index (χ2n) is 5.71. The van der Waals surface area contributed by atoms with Gasteiger partial charge in [-0.2, -0.15) is 0 Å². The Morgan fingerprint density at radius 3 is 2.46 bits per heavy atom. The Morgan fingerprint density at radius 1 is 1.08 bits per heavy atom. The van der Waals surface area contributed by atoms with Crippen molar-refractivity contribution in [3.05, 3.63) is 81.7 Å². The van der Waals surface area contributed by atoms with E-state index < -0.39 is 11.3 Å². The van der Waals surface area contributed by atoms with Crippen molar-refractivity contribution in [3.63, 3.8) is 0 Å². The van der Waals surface area contributed by atoms with Crippen molar-refractivity contribution >= 4 is 22.8 Å². The Labute approximate surface area is 139 Å². The zero-order valence-corrected chi connectivity index (χ0v) is 13.5. The van der Waals surface area contributed by atoms with Gasteiger partial charge in [-0.15, -0.1) is 0 Å². The van der Waals surface area contributed by atoms with Gasteiger partial charge in [0, 0.05) is 12.4 Å². The Bertz CT molecular complexity index is 1010. The van der Waals surface area contributed by atoms with E-state index in [1.54, 1.807) is 37.4 Å². The normalized spacial score (nSPS) is 11.2. The Balaban J connectivity index is 2.07. The Morgan fingerprint density at radius 2 is 1.75 bits per heavy atom. The number of rotatable bonds is 3. The third-order valence-electron chi connectivity index (χ3n) is 4.03. The molecule has 24 heavy (non-hydrogen) atoms. The molecule has 0 radical (unpaired) electrons. The average molecular weight is 319 g/mol. The number of carbonyl (C=O) groups excluding carboxylic acids is 1. The lowest BCUT2D eigenvalue weighted by atomic mass is 10.1. The highest BCUT2D eigenvalue weighted by atomic mass is 16.3. The van der Waals surface area contributed by atoms with Gasteiger partial charge in [-0.3, -0.25) is 9.59 Å². The molecule has 3 aromatic rings. The van der Waals surface area contributed by atoms with Crippen molar-refractivity contribution in [3.8, 4) is 5.75 Å². The number of hydrogen-bond acceptors (Lipinski definition) is 3. The highest BCUT2D eigenvalue weighted by molar-refractivity contribution is 6.11. The summed E-state index contributed by atoms with van der Waals surface area (Å²) in [5.74, 6) is -0.785. The smallest absolute Gasteiger partial charge is 0.265 e. The predicted octanol–water partition coefficient (Wildman–Crippen LogP) is 3.45. The molecule has 1 heterocycles. The number of ketones is 1. The molecule has 0 atom stereocenters. The maximum atomic E-state index is 12.5. The highest BCUT2D eigenvalue weighted by Gasteiger charge is 2.18. The van der Waals surface area contributed by atoms with Crippen LogP contribution in [-0.2, 0) is 7.05 Å². The number of aryl methyl sites for hydroxylation is 2. The molecule has 1 aromatic heterocycles. The predicted molar refractivity (Wildman–Crippen MR) is 95.4 cm³/mol. The fourth-order valence-electron chi connectivity index (χ4n) is 2.63. The second-order valence-corrected chi connectivity index (χ2v) is 5.71. The molecule has 0 saturated heterocycles. The number of allylic oxidation sites excluding steroid dienone is 1. The summed E-state index contributed by atoms with van der Waals surface area (Å²) in [6, 6.07) is 14.6. The largest absolute Gasteiger partial charge is 0.506 e. The molecule has 0 amide bonds. The third kappa shape index (κ3) is 2.74. The molecule has 0 spiro atoms. The fourth-order valence-corrected chi connectivity index (χ4v) is 2.63. The van der Waals surface area contributed by atoms with E-state index >= 15 is 0 Å². The molecular weight excluding hydrogens is 302 g/mol. The van der Waals surface area contributed by atoms with E-state index in [4.69, 9.17) is 0 Å². The van der Waals surface area contributed by atoms with Crippen LogP contribution in [0.3, 0.4) is 0 Å². The first-order chi connectivity index (χ1) is 11.5. The van der Waals surface area contributed by atoms with E-state index in [2.05, 4.69) is 0 Å². The zero-order chi connectivity index (χ0) is 17.3. The van der Waals surface area contributed by atoms with Gasteiger partial charge in [0.05, 0.1) is 5.52 Å². The Hall–Kier alpha value is -3.14. The maximum Gasteiger partial charge on any atom is 0.265 e. The number of para-hydroxylation sites is 1. The van der Waals surface area contributed by atoms with Crippen LogP contribution in [0.5, 0.6) is 5.75 Å². The number of fused-ring (bicyclic) bond motifs is 1. The average Bonchev–Trinajstić information content (AvgIpc) is 2.59.